The first-order valence-electron chi connectivity index (χ1n) is 10.8. The number of nitrogens with one attached hydrogen (secondary N) is 1. The van der Waals surface area contributed by atoms with Crippen molar-refractivity contribution < 1.29 is 27.4 Å². The minimum Gasteiger partial charge on any atom is -0.497 e. The van der Waals surface area contributed by atoms with Crippen LogP contribution in [0.5, 0.6) is 23.1 Å². The van der Waals surface area contributed by atoms with Crippen LogP contribution < -0.4 is 23.7 Å². The highest BCUT2D eigenvalue weighted by Crippen LogP contribution is 2.32. The lowest BCUT2D eigenvalue weighted by Gasteiger charge is -2.10. The van der Waals surface area contributed by atoms with E-state index in [0.717, 1.165) is 0 Å². The molecule has 0 bridgehead atoms. The molecular formula is C23H25N5O6S. The van der Waals surface area contributed by atoms with Gasteiger partial charge in [0, 0.05) is 18.7 Å². The van der Waals surface area contributed by atoms with Crippen LogP contribution in [0.15, 0.2) is 59.5 Å². The van der Waals surface area contributed by atoms with E-state index in [-0.39, 0.29) is 23.9 Å². The molecule has 12 heteroatoms. The standard InChI is InChI=1S/C23H25N5O6S/c1-4-33-16-5-8-18(9-6-16)35(29,30)24-13-14-34-22-12-11-21-25-26-23(28(21)27-22)19-10-7-17(31-2)15-20(19)32-3/h5-12,15,24H,4,13-14H2,1-3H3. The van der Waals surface area contributed by atoms with E-state index in [9.17, 15) is 8.42 Å². The fourth-order valence-corrected chi connectivity index (χ4v) is 4.31. The molecule has 0 atom stereocenters. The van der Waals surface area contributed by atoms with Gasteiger partial charge in [0.25, 0.3) is 0 Å². The van der Waals surface area contributed by atoms with E-state index >= 15 is 0 Å². The summed E-state index contributed by atoms with van der Waals surface area (Å²) in [5, 5.41) is 12.8. The summed E-state index contributed by atoms with van der Waals surface area (Å²) in [4.78, 5) is 0.142. The van der Waals surface area contributed by atoms with Gasteiger partial charge in [0.1, 0.15) is 23.9 Å². The van der Waals surface area contributed by atoms with E-state index in [4.69, 9.17) is 18.9 Å². The topological polar surface area (TPSA) is 126 Å². The van der Waals surface area contributed by atoms with Gasteiger partial charge in [-0.2, -0.15) is 4.52 Å². The number of fused-ring (bicyclic) bond motifs is 1. The molecule has 184 valence electrons. The van der Waals surface area contributed by atoms with E-state index in [0.29, 0.717) is 40.9 Å². The molecule has 0 saturated heterocycles. The van der Waals surface area contributed by atoms with Gasteiger partial charge in [-0.05, 0) is 49.4 Å². The van der Waals surface area contributed by atoms with Crippen molar-refractivity contribution >= 4 is 15.7 Å². The second-order valence-electron chi connectivity index (χ2n) is 7.18. The molecule has 11 nitrogen and oxygen atoms in total. The molecule has 4 rings (SSSR count). The van der Waals surface area contributed by atoms with Crippen molar-refractivity contribution in [2.45, 2.75) is 11.8 Å². The summed E-state index contributed by atoms with van der Waals surface area (Å²) in [5.41, 5.74) is 1.19. The van der Waals surface area contributed by atoms with Crippen molar-refractivity contribution in [2.75, 3.05) is 34.0 Å². The van der Waals surface area contributed by atoms with Gasteiger partial charge in [0.15, 0.2) is 11.5 Å². The molecule has 2 heterocycles. The number of benzene rings is 2. The molecule has 0 unspecified atom stereocenters. The molecule has 35 heavy (non-hydrogen) atoms. The highest BCUT2D eigenvalue weighted by molar-refractivity contribution is 7.89. The molecule has 0 aliphatic heterocycles. The Kier molecular flexibility index (Phi) is 7.32. The molecule has 0 aliphatic carbocycles. The van der Waals surface area contributed by atoms with Crippen molar-refractivity contribution in [3.63, 3.8) is 0 Å². The van der Waals surface area contributed by atoms with Gasteiger partial charge in [-0.1, -0.05) is 0 Å². The first kappa shape index (κ1) is 24.2. The quantitative estimate of drug-likeness (QED) is 0.310. The average Bonchev–Trinajstić information content (AvgIpc) is 3.30. The van der Waals surface area contributed by atoms with Gasteiger partial charge in [-0.15, -0.1) is 15.3 Å². The molecule has 0 spiro atoms. The maximum atomic E-state index is 12.5. The Balaban J connectivity index is 1.43. The molecule has 4 aromatic rings. The van der Waals surface area contributed by atoms with Crippen LogP contribution in [0.1, 0.15) is 6.92 Å². The third kappa shape index (κ3) is 5.44. The Labute approximate surface area is 202 Å². The second-order valence-corrected chi connectivity index (χ2v) is 8.95. The molecule has 0 saturated carbocycles. The van der Waals surface area contributed by atoms with Crippen LogP contribution in [-0.4, -0.2) is 62.2 Å². The van der Waals surface area contributed by atoms with Crippen molar-refractivity contribution in [1.29, 1.82) is 0 Å². The summed E-state index contributed by atoms with van der Waals surface area (Å²) in [7, 11) is -0.556. The maximum Gasteiger partial charge on any atom is 0.240 e. The predicted molar refractivity (Wildman–Crippen MR) is 128 cm³/mol. The summed E-state index contributed by atoms with van der Waals surface area (Å²) in [5.74, 6) is 2.55. The minimum atomic E-state index is -3.68. The molecule has 2 aromatic heterocycles. The van der Waals surface area contributed by atoms with Crippen molar-refractivity contribution in [1.82, 2.24) is 24.5 Å². The first-order chi connectivity index (χ1) is 16.9. The summed E-state index contributed by atoms with van der Waals surface area (Å²) >= 11 is 0. The molecular weight excluding hydrogens is 474 g/mol. The number of hydrogen-bond donors (Lipinski definition) is 1. The lowest BCUT2D eigenvalue weighted by molar-refractivity contribution is 0.306. The van der Waals surface area contributed by atoms with Gasteiger partial charge >= 0.3 is 0 Å². The van der Waals surface area contributed by atoms with E-state index in [1.807, 2.05) is 6.92 Å². The van der Waals surface area contributed by atoms with Crippen LogP contribution in [-0.2, 0) is 10.0 Å². The molecule has 0 radical (unpaired) electrons. The fraction of sp³-hybridized carbons (Fsp3) is 0.261. The van der Waals surface area contributed by atoms with Crippen molar-refractivity contribution in [2.24, 2.45) is 0 Å². The summed E-state index contributed by atoms with van der Waals surface area (Å²) < 4.78 is 50.7. The predicted octanol–water partition coefficient (Wildman–Crippen LogP) is 2.56. The third-order valence-electron chi connectivity index (χ3n) is 4.98. The van der Waals surface area contributed by atoms with Gasteiger partial charge < -0.3 is 18.9 Å². The number of methoxy groups -OCH3 is 2. The Morgan fingerprint density at radius 2 is 1.69 bits per heavy atom. The second kappa shape index (κ2) is 10.6. The Hall–Kier alpha value is -3.90. The Morgan fingerprint density at radius 3 is 2.40 bits per heavy atom. The maximum absolute atomic E-state index is 12.5. The molecule has 1 N–H and O–H groups in total. The van der Waals surface area contributed by atoms with Gasteiger partial charge in [0.2, 0.25) is 15.9 Å². The zero-order valence-electron chi connectivity index (χ0n) is 19.5. The smallest absolute Gasteiger partial charge is 0.240 e. The largest absolute Gasteiger partial charge is 0.497 e. The average molecular weight is 500 g/mol. The van der Waals surface area contributed by atoms with Crippen LogP contribution in [0.4, 0.5) is 0 Å². The normalized spacial score (nSPS) is 11.4. The monoisotopic (exact) mass is 499 g/mol. The van der Waals surface area contributed by atoms with Crippen molar-refractivity contribution in [3.8, 4) is 34.5 Å². The number of aromatic nitrogens is 4. The summed E-state index contributed by atoms with van der Waals surface area (Å²) in [6.07, 6.45) is 0. The van der Waals surface area contributed by atoms with Crippen LogP contribution in [0.3, 0.4) is 0 Å². The number of ether oxygens (including phenoxy) is 4. The first-order valence-corrected chi connectivity index (χ1v) is 12.2. The van der Waals surface area contributed by atoms with Gasteiger partial charge in [-0.3, -0.25) is 0 Å². The number of sulfonamides is 1. The number of hydrogen-bond acceptors (Lipinski definition) is 9. The zero-order valence-corrected chi connectivity index (χ0v) is 20.3. The Bertz CT molecular complexity index is 1410. The van der Waals surface area contributed by atoms with Gasteiger partial charge in [-0.25, -0.2) is 13.1 Å². The summed E-state index contributed by atoms with van der Waals surface area (Å²) in [6.45, 7) is 2.49. The van der Waals surface area contributed by atoms with E-state index in [1.165, 1.54) is 16.6 Å². The highest BCUT2D eigenvalue weighted by Gasteiger charge is 2.16. The Morgan fingerprint density at radius 1 is 0.914 bits per heavy atom. The zero-order chi connectivity index (χ0) is 24.8. The van der Waals surface area contributed by atoms with Crippen LogP contribution in [0.25, 0.3) is 17.0 Å². The number of rotatable bonds is 11. The van der Waals surface area contributed by atoms with E-state index in [1.54, 1.807) is 56.7 Å². The lowest BCUT2D eigenvalue weighted by Crippen LogP contribution is -2.28. The van der Waals surface area contributed by atoms with E-state index in [2.05, 4.69) is 20.0 Å². The fourth-order valence-electron chi connectivity index (χ4n) is 3.30. The summed E-state index contributed by atoms with van der Waals surface area (Å²) in [6, 6.07) is 14.9. The third-order valence-corrected chi connectivity index (χ3v) is 6.45. The van der Waals surface area contributed by atoms with Crippen LogP contribution in [0, 0.1) is 0 Å². The highest BCUT2D eigenvalue weighted by atomic mass is 32.2. The minimum absolute atomic E-state index is 0.0522. The lowest BCUT2D eigenvalue weighted by atomic mass is 10.2. The number of nitrogens with zero attached hydrogens (tertiary/aromatic N) is 4. The molecule has 0 aliphatic rings. The van der Waals surface area contributed by atoms with Crippen LogP contribution in [0.2, 0.25) is 0 Å². The molecule has 2 aromatic carbocycles. The molecule has 0 fully saturated rings. The van der Waals surface area contributed by atoms with Crippen LogP contribution >= 0.6 is 0 Å². The SMILES string of the molecule is CCOc1ccc(S(=O)(=O)NCCOc2ccc3nnc(-c4ccc(OC)cc4OC)n3n2)cc1. The van der Waals surface area contributed by atoms with Gasteiger partial charge in [0.05, 0.1) is 31.3 Å². The van der Waals surface area contributed by atoms with E-state index < -0.39 is 10.0 Å². The van der Waals surface area contributed by atoms with Crippen molar-refractivity contribution in [3.05, 3.63) is 54.6 Å². The molecule has 0 amide bonds.